The molecule has 102 valence electrons. The second kappa shape index (κ2) is 5.08. The predicted octanol–water partition coefficient (Wildman–Crippen LogP) is 4.11. The van der Waals surface area contributed by atoms with Gasteiger partial charge in [-0.2, -0.15) is 0 Å². The summed E-state index contributed by atoms with van der Waals surface area (Å²) in [6.45, 7) is 8.34. The van der Waals surface area contributed by atoms with Crippen molar-refractivity contribution in [2.45, 2.75) is 46.1 Å². The molecule has 0 aliphatic carbocycles. The fourth-order valence-corrected chi connectivity index (χ4v) is 2.59. The summed E-state index contributed by atoms with van der Waals surface area (Å²) >= 11 is 0. The molecule has 0 saturated carbocycles. The summed E-state index contributed by atoms with van der Waals surface area (Å²) in [5, 5.41) is 10.2. The molecule has 3 nitrogen and oxygen atoms in total. The Morgan fingerprint density at radius 1 is 1.32 bits per heavy atom. The molecule has 1 aromatic heterocycles. The highest BCUT2D eigenvalue weighted by atomic mass is 16.4. The van der Waals surface area contributed by atoms with E-state index in [0.29, 0.717) is 6.04 Å². The summed E-state index contributed by atoms with van der Waals surface area (Å²) in [7, 11) is 0. The van der Waals surface area contributed by atoms with E-state index in [-0.39, 0.29) is 12.3 Å². The van der Waals surface area contributed by atoms with Crippen LogP contribution in [0.2, 0.25) is 0 Å². The first kappa shape index (κ1) is 13.7. The lowest BCUT2D eigenvalue weighted by molar-refractivity contribution is -0.137. The summed E-state index contributed by atoms with van der Waals surface area (Å²) in [5.41, 5.74) is 3.53. The number of fused-ring (bicyclic) bond motifs is 1. The minimum atomic E-state index is -0.745. The van der Waals surface area contributed by atoms with Crippen LogP contribution in [0.3, 0.4) is 0 Å². The molecule has 0 radical (unpaired) electrons. The largest absolute Gasteiger partial charge is 0.481 e. The molecule has 0 saturated heterocycles. The molecule has 1 aromatic carbocycles. The lowest BCUT2D eigenvalue weighted by Gasteiger charge is -2.09. The third kappa shape index (κ3) is 2.65. The Labute approximate surface area is 113 Å². The SMILES string of the molecule is Cc1ccc2c(c1)c(C(C)CC(=O)O)cn2C(C)C. The standard InChI is InChI=1S/C16H21NO2/c1-10(2)17-9-14(12(4)8-16(18)19)13-7-11(3)5-6-15(13)17/h5-7,9-10,12H,8H2,1-4H3,(H,18,19). The molecule has 1 heterocycles. The van der Waals surface area contributed by atoms with Gasteiger partial charge in [0.05, 0.1) is 6.42 Å². The van der Waals surface area contributed by atoms with Crippen molar-refractivity contribution in [3.8, 4) is 0 Å². The van der Waals surface area contributed by atoms with Gasteiger partial charge in [0, 0.05) is 23.1 Å². The predicted molar refractivity (Wildman–Crippen MR) is 77.7 cm³/mol. The zero-order chi connectivity index (χ0) is 14.2. The van der Waals surface area contributed by atoms with Crippen LogP contribution < -0.4 is 0 Å². The summed E-state index contributed by atoms with van der Waals surface area (Å²) in [6.07, 6.45) is 2.29. The van der Waals surface area contributed by atoms with Crippen molar-refractivity contribution in [1.29, 1.82) is 0 Å². The van der Waals surface area contributed by atoms with Crippen LogP contribution in [0.4, 0.5) is 0 Å². The number of hydrogen-bond donors (Lipinski definition) is 1. The number of benzene rings is 1. The highest BCUT2D eigenvalue weighted by molar-refractivity contribution is 5.86. The highest BCUT2D eigenvalue weighted by Crippen LogP contribution is 2.32. The van der Waals surface area contributed by atoms with E-state index in [1.807, 2.05) is 6.92 Å². The Bertz CT molecular complexity index is 610. The molecule has 0 spiro atoms. The maximum absolute atomic E-state index is 10.9. The van der Waals surface area contributed by atoms with Gasteiger partial charge in [0.2, 0.25) is 0 Å². The van der Waals surface area contributed by atoms with E-state index in [9.17, 15) is 4.79 Å². The zero-order valence-corrected chi connectivity index (χ0v) is 12.0. The van der Waals surface area contributed by atoms with E-state index in [1.54, 1.807) is 0 Å². The molecule has 3 heteroatoms. The Hall–Kier alpha value is -1.77. The molecular formula is C16H21NO2. The Kier molecular flexibility index (Phi) is 3.65. The minimum Gasteiger partial charge on any atom is -0.481 e. The van der Waals surface area contributed by atoms with Crippen LogP contribution in [0.1, 0.15) is 50.3 Å². The Morgan fingerprint density at radius 3 is 2.58 bits per heavy atom. The molecule has 1 unspecified atom stereocenters. The van der Waals surface area contributed by atoms with Crippen molar-refractivity contribution in [2.24, 2.45) is 0 Å². The molecule has 0 amide bonds. The number of nitrogens with zero attached hydrogens (tertiary/aromatic N) is 1. The van der Waals surface area contributed by atoms with Crippen molar-refractivity contribution in [1.82, 2.24) is 4.57 Å². The van der Waals surface area contributed by atoms with E-state index >= 15 is 0 Å². The van der Waals surface area contributed by atoms with Crippen molar-refractivity contribution in [3.63, 3.8) is 0 Å². The van der Waals surface area contributed by atoms with E-state index in [4.69, 9.17) is 5.11 Å². The van der Waals surface area contributed by atoms with Gasteiger partial charge >= 0.3 is 5.97 Å². The van der Waals surface area contributed by atoms with Crippen molar-refractivity contribution < 1.29 is 9.90 Å². The first-order valence-corrected chi connectivity index (χ1v) is 6.73. The van der Waals surface area contributed by atoms with Crippen LogP contribution >= 0.6 is 0 Å². The van der Waals surface area contributed by atoms with E-state index < -0.39 is 5.97 Å². The maximum atomic E-state index is 10.9. The van der Waals surface area contributed by atoms with Crippen molar-refractivity contribution >= 4 is 16.9 Å². The molecule has 1 N–H and O–H groups in total. The summed E-state index contributed by atoms with van der Waals surface area (Å²) in [6, 6.07) is 6.76. The number of aliphatic carboxylic acids is 1. The fourth-order valence-electron chi connectivity index (χ4n) is 2.59. The third-order valence-electron chi connectivity index (χ3n) is 3.59. The normalized spacial score (nSPS) is 13.1. The number of aryl methyl sites for hydroxylation is 1. The number of carboxylic acid groups (broad SMARTS) is 1. The van der Waals surface area contributed by atoms with Crippen LogP contribution in [0.15, 0.2) is 24.4 Å². The van der Waals surface area contributed by atoms with Gasteiger partial charge in [-0.3, -0.25) is 4.79 Å². The Balaban J connectivity index is 2.59. The van der Waals surface area contributed by atoms with Crippen LogP contribution in [-0.4, -0.2) is 15.6 Å². The quantitative estimate of drug-likeness (QED) is 0.897. The zero-order valence-electron chi connectivity index (χ0n) is 12.0. The van der Waals surface area contributed by atoms with Crippen molar-refractivity contribution in [3.05, 3.63) is 35.5 Å². The topological polar surface area (TPSA) is 42.2 Å². The number of rotatable bonds is 4. The summed E-state index contributed by atoms with van der Waals surface area (Å²) in [5.74, 6) is -0.715. The van der Waals surface area contributed by atoms with Crippen LogP contribution in [0.5, 0.6) is 0 Å². The van der Waals surface area contributed by atoms with Crippen LogP contribution in [-0.2, 0) is 4.79 Å². The number of carbonyl (C=O) groups is 1. The van der Waals surface area contributed by atoms with E-state index in [0.717, 1.165) is 5.56 Å². The molecule has 19 heavy (non-hydrogen) atoms. The molecule has 0 bridgehead atoms. The number of aromatic nitrogens is 1. The first-order valence-electron chi connectivity index (χ1n) is 6.73. The van der Waals surface area contributed by atoms with Crippen molar-refractivity contribution in [2.75, 3.05) is 0 Å². The monoisotopic (exact) mass is 259 g/mol. The van der Waals surface area contributed by atoms with E-state index in [2.05, 4.69) is 49.7 Å². The van der Waals surface area contributed by atoms with Gasteiger partial charge in [-0.1, -0.05) is 18.6 Å². The maximum Gasteiger partial charge on any atom is 0.303 e. The smallest absolute Gasteiger partial charge is 0.303 e. The fraction of sp³-hybridized carbons (Fsp3) is 0.438. The number of carboxylic acids is 1. The first-order chi connectivity index (χ1) is 8.90. The molecule has 2 aromatic rings. The second-order valence-corrected chi connectivity index (χ2v) is 5.60. The third-order valence-corrected chi connectivity index (χ3v) is 3.59. The van der Waals surface area contributed by atoms with Gasteiger partial charge in [0.25, 0.3) is 0 Å². The van der Waals surface area contributed by atoms with Gasteiger partial charge in [-0.25, -0.2) is 0 Å². The van der Waals surface area contributed by atoms with Gasteiger partial charge < -0.3 is 9.67 Å². The molecule has 1 atom stereocenters. The Morgan fingerprint density at radius 2 is 2.00 bits per heavy atom. The summed E-state index contributed by atoms with van der Waals surface area (Å²) in [4.78, 5) is 10.9. The molecule has 0 aliphatic rings. The second-order valence-electron chi connectivity index (χ2n) is 5.60. The number of hydrogen-bond acceptors (Lipinski definition) is 1. The van der Waals surface area contributed by atoms with Gasteiger partial charge in [-0.05, 0) is 44.4 Å². The van der Waals surface area contributed by atoms with Crippen LogP contribution in [0.25, 0.3) is 10.9 Å². The van der Waals surface area contributed by atoms with Gasteiger partial charge in [0.15, 0.2) is 0 Å². The average molecular weight is 259 g/mol. The van der Waals surface area contributed by atoms with Crippen LogP contribution in [0, 0.1) is 6.92 Å². The molecular weight excluding hydrogens is 238 g/mol. The van der Waals surface area contributed by atoms with Gasteiger partial charge in [0.1, 0.15) is 0 Å². The molecule has 2 rings (SSSR count). The van der Waals surface area contributed by atoms with Gasteiger partial charge in [-0.15, -0.1) is 0 Å². The minimum absolute atomic E-state index is 0.0294. The molecule has 0 fully saturated rings. The summed E-state index contributed by atoms with van der Waals surface area (Å²) < 4.78 is 2.22. The lowest BCUT2D eigenvalue weighted by atomic mass is 9.97. The average Bonchev–Trinajstić information content (AvgIpc) is 2.66. The molecule has 0 aliphatic heterocycles. The lowest BCUT2D eigenvalue weighted by Crippen LogP contribution is -2.02. The highest BCUT2D eigenvalue weighted by Gasteiger charge is 2.17. The van der Waals surface area contributed by atoms with E-state index in [1.165, 1.54) is 16.5 Å².